The summed E-state index contributed by atoms with van der Waals surface area (Å²) in [6.45, 7) is 0.436. The smallest absolute Gasteiger partial charge is 0.253 e. The second kappa shape index (κ2) is 6.08. The molecule has 0 bridgehead atoms. The van der Waals surface area contributed by atoms with Gasteiger partial charge in [-0.1, -0.05) is 39.7 Å². The zero-order valence-electron chi connectivity index (χ0n) is 9.99. The number of carbonyl (C=O) groups is 1. The van der Waals surface area contributed by atoms with Crippen molar-refractivity contribution in [2.24, 2.45) is 0 Å². The van der Waals surface area contributed by atoms with Crippen molar-refractivity contribution in [3.63, 3.8) is 0 Å². The lowest BCUT2D eigenvalue weighted by molar-refractivity contribution is 0.0952. The molecular formula is C14H12BrClN2O. The highest BCUT2D eigenvalue weighted by Gasteiger charge is 2.09. The molecule has 2 aromatic carbocycles. The van der Waals surface area contributed by atoms with E-state index < -0.39 is 0 Å². The van der Waals surface area contributed by atoms with Crippen molar-refractivity contribution >= 4 is 39.1 Å². The van der Waals surface area contributed by atoms with Gasteiger partial charge in [0.1, 0.15) is 0 Å². The van der Waals surface area contributed by atoms with Gasteiger partial charge < -0.3 is 11.1 Å². The Morgan fingerprint density at radius 3 is 2.53 bits per heavy atom. The SMILES string of the molecule is Nc1cc(Br)ccc1C(=O)NCc1ccc(Cl)cc1. The van der Waals surface area contributed by atoms with Gasteiger partial charge in [-0.2, -0.15) is 0 Å². The molecule has 5 heteroatoms. The zero-order chi connectivity index (χ0) is 13.8. The second-order valence-electron chi connectivity index (χ2n) is 4.04. The van der Waals surface area contributed by atoms with E-state index in [9.17, 15) is 4.79 Å². The van der Waals surface area contributed by atoms with Gasteiger partial charge in [-0.25, -0.2) is 0 Å². The first-order chi connectivity index (χ1) is 9.06. The van der Waals surface area contributed by atoms with Crippen LogP contribution in [0.25, 0.3) is 0 Å². The number of amides is 1. The summed E-state index contributed by atoms with van der Waals surface area (Å²) in [6, 6.07) is 12.5. The van der Waals surface area contributed by atoms with Crippen LogP contribution in [0.4, 0.5) is 5.69 Å². The Kier molecular flexibility index (Phi) is 4.45. The van der Waals surface area contributed by atoms with Crippen molar-refractivity contribution in [1.82, 2.24) is 5.32 Å². The molecule has 0 saturated heterocycles. The molecule has 0 fully saturated rings. The Labute approximate surface area is 124 Å². The Hall–Kier alpha value is -1.52. The number of nitrogen functional groups attached to an aromatic ring is 1. The van der Waals surface area contributed by atoms with Crippen LogP contribution in [0.1, 0.15) is 15.9 Å². The highest BCUT2D eigenvalue weighted by atomic mass is 79.9. The van der Waals surface area contributed by atoms with E-state index in [1.165, 1.54) is 0 Å². The van der Waals surface area contributed by atoms with E-state index in [0.717, 1.165) is 10.0 Å². The van der Waals surface area contributed by atoms with Crippen molar-refractivity contribution in [3.05, 3.63) is 63.1 Å². The van der Waals surface area contributed by atoms with Crippen molar-refractivity contribution in [1.29, 1.82) is 0 Å². The standard InChI is InChI=1S/C14H12BrClN2O/c15-10-3-6-12(13(17)7-10)14(19)18-8-9-1-4-11(16)5-2-9/h1-7H,8,17H2,(H,18,19). The topological polar surface area (TPSA) is 55.1 Å². The molecule has 0 aliphatic carbocycles. The maximum Gasteiger partial charge on any atom is 0.253 e. The Balaban J connectivity index is 2.03. The lowest BCUT2D eigenvalue weighted by atomic mass is 10.1. The Morgan fingerprint density at radius 2 is 1.89 bits per heavy atom. The second-order valence-corrected chi connectivity index (χ2v) is 5.39. The van der Waals surface area contributed by atoms with Crippen LogP contribution in [-0.4, -0.2) is 5.91 Å². The van der Waals surface area contributed by atoms with Crippen LogP contribution in [0.5, 0.6) is 0 Å². The highest BCUT2D eigenvalue weighted by molar-refractivity contribution is 9.10. The summed E-state index contributed by atoms with van der Waals surface area (Å²) < 4.78 is 0.847. The van der Waals surface area contributed by atoms with Crippen LogP contribution in [0.15, 0.2) is 46.9 Å². The van der Waals surface area contributed by atoms with Crippen molar-refractivity contribution in [3.8, 4) is 0 Å². The third kappa shape index (κ3) is 3.72. The van der Waals surface area contributed by atoms with Gasteiger partial charge in [0.15, 0.2) is 0 Å². The summed E-state index contributed by atoms with van der Waals surface area (Å²) >= 11 is 9.10. The average Bonchev–Trinajstić information content (AvgIpc) is 2.37. The van der Waals surface area contributed by atoms with Gasteiger partial charge in [-0.05, 0) is 35.9 Å². The number of hydrogen-bond donors (Lipinski definition) is 2. The summed E-state index contributed by atoms with van der Waals surface area (Å²) in [5.74, 6) is -0.194. The molecular weight excluding hydrogens is 328 g/mol. The Morgan fingerprint density at radius 1 is 1.21 bits per heavy atom. The van der Waals surface area contributed by atoms with Crippen LogP contribution in [0, 0.1) is 0 Å². The van der Waals surface area contributed by atoms with Gasteiger partial charge in [-0.15, -0.1) is 0 Å². The lowest BCUT2D eigenvalue weighted by Gasteiger charge is -2.08. The molecule has 3 nitrogen and oxygen atoms in total. The van der Waals surface area contributed by atoms with Gasteiger partial charge in [-0.3, -0.25) is 4.79 Å². The van der Waals surface area contributed by atoms with Crippen LogP contribution in [0.2, 0.25) is 5.02 Å². The quantitative estimate of drug-likeness (QED) is 0.839. The molecule has 0 aliphatic heterocycles. The number of nitrogens with two attached hydrogens (primary N) is 1. The first-order valence-corrected chi connectivity index (χ1v) is 6.81. The molecule has 19 heavy (non-hydrogen) atoms. The minimum atomic E-state index is -0.194. The van der Waals surface area contributed by atoms with Gasteiger partial charge in [0, 0.05) is 21.7 Å². The molecule has 98 valence electrons. The number of carbonyl (C=O) groups excluding carboxylic acids is 1. The predicted octanol–water partition coefficient (Wildman–Crippen LogP) is 3.61. The number of halogens is 2. The number of nitrogens with one attached hydrogen (secondary N) is 1. The van der Waals surface area contributed by atoms with E-state index in [-0.39, 0.29) is 5.91 Å². The summed E-state index contributed by atoms with van der Waals surface area (Å²) in [7, 11) is 0. The normalized spacial score (nSPS) is 10.2. The number of benzene rings is 2. The first kappa shape index (κ1) is 13.9. The summed E-state index contributed by atoms with van der Waals surface area (Å²) in [5.41, 5.74) is 7.70. The van der Waals surface area contributed by atoms with E-state index in [4.69, 9.17) is 17.3 Å². The molecule has 0 saturated carbocycles. The van der Waals surface area contributed by atoms with Crippen molar-refractivity contribution in [2.45, 2.75) is 6.54 Å². The van der Waals surface area contributed by atoms with Crippen LogP contribution in [-0.2, 0) is 6.54 Å². The lowest BCUT2D eigenvalue weighted by Crippen LogP contribution is -2.23. The molecule has 3 N–H and O–H groups in total. The molecule has 2 rings (SSSR count). The minimum absolute atomic E-state index is 0.194. The fraction of sp³-hybridized carbons (Fsp3) is 0.0714. The van der Waals surface area contributed by atoms with E-state index in [1.807, 2.05) is 12.1 Å². The molecule has 0 aromatic heterocycles. The molecule has 2 aromatic rings. The van der Waals surface area contributed by atoms with Gasteiger partial charge in [0.2, 0.25) is 0 Å². The number of rotatable bonds is 3. The maximum atomic E-state index is 12.0. The molecule has 0 spiro atoms. The fourth-order valence-electron chi connectivity index (χ4n) is 1.62. The monoisotopic (exact) mass is 338 g/mol. The number of hydrogen-bond acceptors (Lipinski definition) is 2. The molecule has 0 heterocycles. The van der Waals surface area contributed by atoms with Gasteiger partial charge in [0.25, 0.3) is 5.91 Å². The highest BCUT2D eigenvalue weighted by Crippen LogP contribution is 2.18. The van der Waals surface area contributed by atoms with Crippen LogP contribution in [0.3, 0.4) is 0 Å². The zero-order valence-corrected chi connectivity index (χ0v) is 12.3. The van der Waals surface area contributed by atoms with E-state index in [1.54, 1.807) is 30.3 Å². The van der Waals surface area contributed by atoms with Gasteiger partial charge in [0.05, 0.1) is 5.56 Å². The number of anilines is 1. The first-order valence-electron chi connectivity index (χ1n) is 5.64. The molecule has 0 unspecified atom stereocenters. The van der Waals surface area contributed by atoms with Crippen LogP contribution < -0.4 is 11.1 Å². The van der Waals surface area contributed by atoms with Crippen molar-refractivity contribution < 1.29 is 4.79 Å². The average molecular weight is 340 g/mol. The maximum absolute atomic E-state index is 12.0. The summed E-state index contributed by atoms with van der Waals surface area (Å²) in [5, 5.41) is 3.49. The van der Waals surface area contributed by atoms with E-state index in [2.05, 4.69) is 21.2 Å². The molecule has 0 aliphatic rings. The third-order valence-corrected chi connectivity index (χ3v) is 3.37. The van der Waals surface area contributed by atoms with Crippen molar-refractivity contribution in [2.75, 3.05) is 5.73 Å². The fourth-order valence-corrected chi connectivity index (χ4v) is 2.12. The summed E-state index contributed by atoms with van der Waals surface area (Å²) in [6.07, 6.45) is 0. The van der Waals surface area contributed by atoms with Gasteiger partial charge >= 0.3 is 0 Å². The predicted molar refractivity (Wildman–Crippen MR) is 81.2 cm³/mol. The molecule has 0 radical (unpaired) electrons. The van der Waals surface area contributed by atoms with Crippen LogP contribution >= 0.6 is 27.5 Å². The van der Waals surface area contributed by atoms with E-state index in [0.29, 0.717) is 22.8 Å². The summed E-state index contributed by atoms with van der Waals surface area (Å²) in [4.78, 5) is 12.0. The third-order valence-electron chi connectivity index (χ3n) is 2.62. The largest absolute Gasteiger partial charge is 0.398 e. The van der Waals surface area contributed by atoms with E-state index >= 15 is 0 Å². The molecule has 0 atom stereocenters. The minimum Gasteiger partial charge on any atom is -0.398 e. The Bertz CT molecular complexity index is 599. The molecule has 1 amide bonds.